The van der Waals surface area contributed by atoms with Gasteiger partial charge in [0.25, 0.3) is 0 Å². The van der Waals surface area contributed by atoms with Crippen LogP contribution in [0.2, 0.25) is 0 Å². The van der Waals surface area contributed by atoms with Crippen LogP contribution in [0.1, 0.15) is 22.3 Å². The highest BCUT2D eigenvalue weighted by molar-refractivity contribution is 7.15. The van der Waals surface area contributed by atoms with Crippen LogP contribution in [0.25, 0.3) is 0 Å². The highest BCUT2D eigenvalue weighted by Crippen LogP contribution is 2.27. The smallest absolute Gasteiger partial charge is 0.358 e. The van der Waals surface area contributed by atoms with Gasteiger partial charge in [-0.2, -0.15) is 5.26 Å². The average molecular weight is 281 g/mol. The number of thiazole rings is 1. The fraction of sp³-hybridized carbons (Fsp3) is 0.583. The van der Waals surface area contributed by atoms with Crippen molar-refractivity contribution < 1.29 is 14.3 Å². The minimum absolute atomic E-state index is 0.333. The monoisotopic (exact) mass is 281 g/mol. The summed E-state index contributed by atoms with van der Waals surface area (Å²) in [6, 6.07) is 2.09. The molecule has 1 aromatic heterocycles. The van der Waals surface area contributed by atoms with Crippen molar-refractivity contribution in [1.82, 2.24) is 4.98 Å². The topological polar surface area (TPSA) is 75.4 Å². The molecule has 1 fully saturated rings. The second kappa shape index (κ2) is 5.99. The van der Waals surface area contributed by atoms with Gasteiger partial charge in [0.15, 0.2) is 16.9 Å². The second-order valence-electron chi connectivity index (χ2n) is 4.06. The molecule has 0 spiro atoms. The van der Waals surface area contributed by atoms with E-state index in [0.29, 0.717) is 32.0 Å². The SMILES string of the molecule is CCOC(=O)c1nc(N2CCOC(C#N)C2)sc1C. The Labute approximate surface area is 115 Å². The third-order valence-corrected chi connectivity index (χ3v) is 3.77. The largest absolute Gasteiger partial charge is 0.461 e. The van der Waals surface area contributed by atoms with E-state index in [1.165, 1.54) is 11.3 Å². The van der Waals surface area contributed by atoms with Crippen LogP contribution in [0.3, 0.4) is 0 Å². The fourth-order valence-corrected chi connectivity index (χ4v) is 2.74. The van der Waals surface area contributed by atoms with Gasteiger partial charge in [-0.25, -0.2) is 9.78 Å². The van der Waals surface area contributed by atoms with Gasteiger partial charge in [-0.1, -0.05) is 0 Å². The van der Waals surface area contributed by atoms with E-state index in [-0.39, 0.29) is 0 Å². The Hall–Kier alpha value is -1.65. The number of carbonyl (C=O) groups excluding carboxylic acids is 1. The first-order valence-corrected chi connectivity index (χ1v) is 6.88. The number of hydrogen-bond donors (Lipinski definition) is 0. The van der Waals surface area contributed by atoms with E-state index < -0.39 is 12.1 Å². The number of anilines is 1. The maximum atomic E-state index is 11.7. The van der Waals surface area contributed by atoms with Crippen molar-refractivity contribution in [3.8, 4) is 6.07 Å². The predicted molar refractivity (Wildman–Crippen MR) is 70.4 cm³/mol. The molecule has 2 rings (SSSR count). The van der Waals surface area contributed by atoms with E-state index in [0.717, 1.165) is 10.0 Å². The first kappa shape index (κ1) is 13.8. The van der Waals surface area contributed by atoms with Crippen molar-refractivity contribution in [2.75, 3.05) is 31.2 Å². The van der Waals surface area contributed by atoms with E-state index in [1.807, 2.05) is 11.8 Å². The van der Waals surface area contributed by atoms with Gasteiger partial charge in [-0.05, 0) is 13.8 Å². The highest BCUT2D eigenvalue weighted by Gasteiger charge is 2.25. The highest BCUT2D eigenvalue weighted by atomic mass is 32.1. The molecule has 19 heavy (non-hydrogen) atoms. The first-order valence-electron chi connectivity index (χ1n) is 6.06. The minimum atomic E-state index is -0.441. The second-order valence-corrected chi connectivity index (χ2v) is 5.24. The minimum Gasteiger partial charge on any atom is -0.461 e. The van der Waals surface area contributed by atoms with E-state index >= 15 is 0 Å². The molecule has 0 aromatic carbocycles. The number of aryl methyl sites for hydroxylation is 1. The molecule has 0 N–H and O–H groups in total. The number of aromatic nitrogens is 1. The van der Waals surface area contributed by atoms with Gasteiger partial charge in [0.05, 0.1) is 25.8 Å². The Balaban J connectivity index is 2.15. The maximum Gasteiger partial charge on any atom is 0.358 e. The maximum absolute atomic E-state index is 11.7. The fourth-order valence-electron chi connectivity index (χ4n) is 1.81. The van der Waals surface area contributed by atoms with Crippen LogP contribution in [-0.2, 0) is 9.47 Å². The Bertz CT molecular complexity index is 509. The molecule has 1 saturated heterocycles. The van der Waals surface area contributed by atoms with Crippen molar-refractivity contribution >= 4 is 22.4 Å². The first-order chi connectivity index (χ1) is 9.15. The Morgan fingerprint density at radius 2 is 2.53 bits per heavy atom. The van der Waals surface area contributed by atoms with Gasteiger partial charge >= 0.3 is 5.97 Å². The summed E-state index contributed by atoms with van der Waals surface area (Å²) in [6.07, 6.45) is -0.441. The average Bonchev–Trinajstić information content (AvgIpc) is 2.81. The molecule has 1 atom stereocenters. The van der Waals surface area contributed by atoms with Crippen molar-refractivity contribution in [2.24, 2.45) is 0 Å². The summed E-state index contributed by atoms with van der Waals surface area (Å²) in [4.78, 5) is 18.8. The third kappa shape index (κ3) is 3.03. The number of hydrogen-bond acceptors (Lipinski definition) is 7. The van der Waals surface area contributed by atoms with Gasteiger partial charge in [-0.15, -0.1) is 11.3 Å². The van der Waals surface area contributed by atoms with E-state index in [2.05, 4.69) is 11.1 Å². The number of rotatable bonds is 3. The third-order valence-electron chi connectivity index (χ3n) is 2.74. The lowest BCUT2D eigenvalue weighted by Crippen LogP contribution is -2.41. The molecule has 1 aromatic rings. The zero-order valence-electron chi connectivity index (χ0n) is 10.9. The van der Waals surface area contributed by atoms with E-state index in [1.54, 1.807) is 6.92 Å². The molecule has 1 aliphatic rings. The molecule has 0 radical (unpaired) electrons. The molecule has 6 nitrogen and oxygen atoms in total. The molecule has 0 amide bonds. The van der Waals surface area contributed by atoms with Crippen molar-refractivity contribution in [3.63, 3.8) is 0 Å². The van der Waals surface area contributed by atoms with Crippen molar-refractivity contribution in [2.45, 2.75) is 20.0 Å². The van der Waals surface area contributed by atoms with Gasteiger partial charge in [0.1, 0.15) is 0 Å². The summed E-state index contributed by atoms with van der Waals surface area (Å²) in [7, 11) is 0. The predicted octanol–water partition coefficient (Wildman–Crippen LogP) is 1.36. The Morgan fingerprint density at radius 3 is 3.21 bits per heavy atom. The van der Waals surface area contributed by atoms with Crippen LogP contribution in [-0.4, -0.2) is 43.4 Å². The van der Waals surface area contributed by atoms with Crippen molar-refractivity contribution in [1.29, 1.82) is 5.26 Å². The molecule has 0 bridgehead atoms. The van der Waals surface area contributed by atoms with Crippen LogP contribution in [0, 0.1) is 18.3 Å². The summed E-state index contributed by atoms with van der Waals surface area (Å²) in [5.41, 5.74) is 0.363. The molecular formula is C12H15N3O3S. The molecular weight excluding hydrogens is 266 g/mol. The number of ether oxygens (including phenoxy) is 2. The van der Waals surface area contributed by atoms with E-state index in [4.69, 9.17) is 14.7 Å². The Kier molecular flexibility index (Phi) is 4.35. The number of morpholine rings is 1. The van der Waals surface area contributed by atoms with Crippen LogP contribution >= 0.6 is 11.3 Å². The molecule has 7 heteroatoms. The molecule has 102 valence electrons. The lowest BCUT2D eigenvalue weighted by molar-refractivity contribution is 0.0519. The lowest BCUT2D eigenvalue weighted by atomic mass is 10.3. The number of esters is 1. The lowest BCUT2D eigenvalue weighted by Gasteiger charge is -2.29. The van der Waals surface area contributed by atoms with Crippen molar-refractivity contribution in [3.05, 3.63) is 10.6 Å². The molecule has 0 aliphatic carbocycles. The van der Waals surface area contributed by atoms with Gasteiger partial charge in [-0.3, -0.25) is 0 Å². The summed E-state index contributed by atoms with van der Waals surface area (Å²) in [6.45, 7) is 5.58. The van der Waals surface area contributed by atoms with Gasteiger partial charge < -0.3 is 14.4 Å². The van der Waals surface area contributed by atoms with Crippen LogP contribution < -0.4 is 4.90 Å². The molecule has 1 aliphatic heterocycles. The van der Waals surface area contributed by atoms with Gasteiger partial charge in [0, 0.05) is 11.4 Å². The number of nitrogens with zero attached hydrogens (tertiary/aromatic N) is 3. The zero-order valence-corrected chi connectivity index (χ0v) is 11.7. The van der Waals surface area contributed by atoms with Crippen LogP contribution in [0.4, 0.5) is 5.13 Å². The molecule has 2 heterocycles. The summed E-state index contributed by atoms with van der Waals surface area (Å²) < 4.78 is 10.2. The summed E-state index contributed by atoms with van der Waals surface area (Å²) in [5.74, 6) is -0.396. The number of carbonyl (C=O) groups is 1. The molecule has 0 saturated carbocycles. The summed E-state index contributed by atoms with van der Waals surface area (Å²) in [5, 5.41) is 9.62. The van der Waals surface area contributed by atoms with Crippen LogP contribution in [0.5, 0.6) is 0 Å². The zero-order chi connectivity index (χ0) is 13.8. The number of nitriles is 1. The van der Waals surface area contributed by atoms with Gasteiger partial charge in [0.2, 0.25) is 0 Å². The summed E-state index contributed by atoms with van der Waals surface area (Å²) >= 11 is 1.44. The van der Waals surface area contributed by atoms with E-state index in [9.17, 15) is 4.79 Å². The quantitative estimate of drug-likeness (QED) is 0.779. The van der Waals surface area contributed by atoms with Crippen LogP contribution in [0.15, 0.2) is 0 Å². The normalized spacial score (nSPS) is 19.0. The standard InChI is InChI=1S/C12H15N3O3S/c1-3-17-11(16)10-8(2)19-12(14-10)15-4-5-18-9(6-13)7-15/h9H,3-5,7H2,1-2H3. The Morgan fingerprint density at radius 1 is 1.74 bits per heavy atom. The molecule has 1 unspecified atom stereocenters.